The first-order valence-corrected chi connectivity index (χ1v) is 10.7. The van der Waals surface area contributed by atoms with Gasteiger partial charge in [0.05, 0.1) is 12.2 Å². The Morgan fingerprint density at radius 2 is 1.22 bits per heavy atom. The van der Waals surface area contributed by atoms with Crippen molar-refractivity contribution >= 4 is 13.2 Å². The Kier molecular flexibility index (Phi) is 6.51. The molecule has 2 nitrogen and oxygen atoms in total. The lowest BCUT2D eigenvalue weighted by molar-refractivity contribution is 0.0659. The highest BCUT2D eigenvalue weighted by molar-refractivity contribution is 7.67. The highest BCUT2D eigenvalue weighted by Gasteiger charge is 2.41. The van der Waals surface area contributed by atoms with Crippen molar-refractivity contribution in [3.63, 3.8) is 0 Å². The van der Waals surface area contributed by atoms with Crippen LogP contribution in [0.3, 0.4) is 0 Å². The zero-order valence-corrected chi connectivity index (χ0v) is 15.5. The summed E-state index contributed by atoms with van der Waals surface area (Å²) >= 11 is 0. The highest BCUT2D eigenvalue weighted by atomic mass is 31.1. The maximum Gasteiger partial charge on any atom is 0.0641 e. The van der Waals surface area contributed by atoms with Gasteiger partial charge in [-0.15, -0.1) is 0 Å². The first-order chi connectivity index (χ1) is 11.3. The van der Waals surface area contributed by atoms with Crippen molar-refractivity contribution < 1.29 is 9.47 Å². The van der Waals surface area contributed by atoms with Gasteiger partial charge in [-0.25, -0.2) is 0 Å². The van der Waals surface area contributed by atoms with Crippen LogP contribution in [0.15, 0.2) is 30.3 Å². The zero-order valence-electron chi connectivity index (χ0n) is 14.6. The van der Waals surface area contributed by atoms with Crippen LogP contribution in [0.25, 0.3) is 0 Å². The van der Waals surface area contributed by atoms with Crippen LogP contribution in [0, 0.1) is 0 Å². The predicted octanol–water partition coefficient (Wildman–Crippen LogP) is 4.71. The molecule has 2 saturated carbocycles. The summed E-state index contributed by atoms with van der Waals surface area (Å²) in [6, 6.07) is 11.3. The predicted molar refractivity (Wildman–Crippen MR) is 99.1 cm³/mol. The van der Waals surface area contributed by atoms with E-state index in [4.69, 9.17) is 9.47 Å². The molecule has 3 heteroatoms. The van der Waals surface area contributed by atoms with Gasteiger partial charge in [-0.2, -0.15) is 0 Å². The summed E-state index contributed by atoms with van der Waals surface area (Å²) in [6.07, 6.45) is 11.4. The summed E-state index contributed by atoms with van der Waals surface area (Å²) in [7, 11) is 3.59. The van der Waals surface area contributed by atoms with Crippen LogP contribution in [0.1, 0.15) is 51.4 Å². The van der Waals surface area contributed by atoms with E-state index in [-0.39, 0.29) is 7.92 Å². The molecule has 0 radical (unpaired) electrons. The van der Waals surface area contributed by atoms with Gasteiger partial charge < -0.3 is 9.47 Å². The van der Waals surface area contributed by atoms with Crippen molar-refractivity contribution in [3.05, 3.63) is 30.3 Å². The lowest BCUT2D eigenvalue weighted by atomic mass is 9.96. The molecule has 0 bridgehead atoms. The van der Waals surface area contributed by atoms with Crippen LogP contribution in [-0.2, 0) is 9.47 Å². The Morgan fingerprint density at radius 1 is 0.739 bits per heavy atom. The van der Waals surface area contributed by atoms with Gasteiger partial charge in [-0.05, 0) is 31.0 Å². The van der Waals surface area contributed by atoms with Gasteiger partial charge in [-0.3, -0.25) is 0 Å². The average Bonchev–Trinajstić information content (AvgIpc) is 2.64. The lowest BCUT2D eigenvalue weighted by Crippen LogP contribution is -2.41. The summed E-state index contributed by atoms with van der Waals surface area (Å²) in [5.74, 6) is 0. The van der Waals surface area contributed by atoms with E-state index in [1.807, 2.05) is 14.2 Å². The van der Waals surface area contributed by atoms with Gasteiger partial charge in [-0.1, -0.05) is 63.9 Å². The third kappa shape index (κ3) is 3.98. The number of benzene rings is 1. The van der Waals surface area contributed by atoms with E-state index in [2.05, 4.69) is 30.3 Å². The number of hydrogen-bond donors (Lipinski definition) is 0. The van der Waals surface area contributed by atoms with Gasteiger partial charge >= 0.3 is 0 Å². The second-order valence-corrected chi connectivity index (χ2v) is 9.65. The van der Waals surface area contributed by atoms with Crippen LogP contribution in [0.2, 0.25) is 0 Å². The van der Waals surface area contributed by atoms with Crippen molar-refractivity contribution in [2.45, 2.75) is 74.9 Å². The quantitative estimate of drug-likeness (QED) is 0.726. The van der Waals surface area contributed by atoms with E-state index in [1.165, 1.54) is 51.4 Å². The van der Waals surface area contributed by atoms with E-state index < -0.39 is 0 Å². The molecular formula is C20H31O2P. The number of hydrogen-bond acceptors (Lipinski definition) is 2. The van der Waals surface area contributed by atoms with E-state index in [9.17, 15) is 0 Å². The lowest BCUT2D eigenvalue weighted by Gasteiger charge is -2.44. The molecule has 23 heavy (non-hydrogen) atoms. The Bertz CT molecular complexity index is 440. The first kappa shape index (κ1) is 17.4. The Balaban J connectivity index is 1.92. The van der Waals surface area contributed by atoms with Gasteiger partial charge in [0.25, 0.3) is 0 Å². The normalized spacial score (nSPS) is 33.3. The number of rotatable bonds is 5. The van der Waals surface area contributed by atoms with Gasteiger partial charge in [0.15, 0.2) is 0 Å². The average molecular weight is 334 g/mol. The molecule has 3 rings (SSSR count). The van der Waals surface area contributed by atoms with Crippen molar-refractivity contribution in [1.82, 2.24) is 0 Å². The Hall–Kier alpha value is -0.430. The number of methoxy groups -OCH3 is 2. The van der Waals surface area contributed by atoms with E-state index in [1.54, 1.807) is 5.30 Å². The van der Waals surface area contributed by atoms with Crippen LogP contribution < -0.4 is 5.30 Å². The molecule has 4 unspecified atom stereocenters. The molecule has 2 aliphatic carbocycles. The summed E-state index contributed by atoms with van der Waals surface area (Å²) in [4.78, 5) is 0. The third-order valence-electron chi connectivity index (χ3n) is 5.71. The third-order valence-corrected chi connectivity index (χ3v) is 9.21. The summed E-state index contributed by atoms with van der Waals surface area (Å²) < 4.78 is 11.9. The second kappa shape index (κ2) is 8.60. The molecule has 0 N–H and O–H groups in total. The molecule has 0 saturated heterocycles. The van der Waals surface area contributed by atoms with Crippen LogP contribution in [-0.4, -0.2) is 37.7 Å². The molecule has 0 heterocycles. The zero-order chi connectivity index (χ0) is 16.1. The van der Waals surface area contributed by atoms with Crippen molar-refractivity contribution in [2.75, 3.05) is 14.2 Å². The molecule has 0 spiro atoms. The molecule has 0 amide bonds. The molecular weight excluding hydrogens is 303 g/mol. The van der Waals surface area contributed by atoms with Gasteiger partial charge in [0, 0.05) is 25.5 Å². The molecule has 2 aliphatic rings. The molecule has 0 aromatic heterocycles. The molecule has 128 valence electrons. The molecule has 2 fully saturated rings. The highest BCUT2D eigenvalue weighted by Crippen LogP contribution is 2.55. The molecule has 4 atom stereocenters. The fraction of sp³-hybridized carbons (Fsp3) is 0.700. The second-order valence-electron chi connectivity index (χ2n) is 6.99. The van der Waals surface area contributed by atoms with Crippen LogP contribution in [0.5, 0.6) is 0 Å². The molecule has 0 aliphatic heterocycles. The SMILES string of the molecule is COC1CCCCC1P(c1ccccc1)C1CCCCC1OC. The molecule has 1 aromatic carbocycles. The smallest absolute Gasteiger partial charge is 0.0641 e. The summed E-state index contributed by atoms with van der Waals surface area (Å²) in [5, 5.41) is 1.56. The first-order valence-electron chi connectivity index (χ1n) is 9.24. The summed E-state index contributed by atoms with van der Waals surface area (Å²) in [6.45, 7) is 0. The van der Waals surface area contributed by atoms with Crippen LogP contribution in [0.4, 0.5) is 0 Å². The largest absolute Gasteiger partial charge is 0.381 e. The maximum absolute atomic E-state index is 5.94. The van der Waals surface area contributed by atoms with Crippen LogP contribution >= 0.6 is 7.92 Å². The standard InChI is InChI=1S/C20H31O2P/c1-21-17-12-6-8-14-19(17)23(16-10-4-3-5-11-16)20-15-9-7-13-18(20)22-2/h3-5,10-11,17-20H,6-9,12-15H2,1-2H3. The minimum atomic E-state index is -0.232. The van der Waals surface area contributed by atoms with E-state index in [0.29, 0.717) is 23.5 Å². The van der Waals surface area contributed by atoms with Gasteiger partial charge in [0.1, 0.15) is 0 Å². The Labute approximate surface area is 142 Å². The minimum absolute atomic E-state index is 0.232. The molecule has 1 aromatic rings. The number of ether oxygens (including phenoxy) is 2. The fourth-order valence-corrected chi connectivity index (χ4v) is 8.52. The van der Waals surface area contributed by atoms with Crippen molar-refractivity contribution in [2.24, 2.45) is 0 Å². The van der Waals surface area contributed by atoms with Crippen molar-refractivity contribution in [1.29, 1.82) is 0 Å². The van der Waals surface area contributed by atoms with Crippen molar-refractivity contribution in [3.8, 4) is 0 Å². The van der Waals surface area contributed by atoms with Gasteiger partial charge in [0.2, 0.25) is 0 Å². The van der Waals surface area contributed by atoms with E-state index >= 15 is 0 Å². The minimum Gasteiger partial charge on any atom is -0.381 e. The topological polar surface area (TPSA) is 18.5 Å². The maximum atomic E-state index is 5.94. The van der Waals surface area contributed by atoms with E-state index in [0.717, 1.165) is 0 Å². The summed E-state index contributed by atoms with van der Waals surface area (Å²) in [5.41, 5.74) is 1.40. The Morgan fingerprint density at radius 3 is 1.70 bits per heavy atom. The monoisotopic (exact) mass is 334 g/mol. The fourth-order valence-electron chi connectivity index (χ4n) is 4.57.